The van der Waals surface area contributed by atoms with Crippen molar-refractivity contribution in [1.29, 1.82) is 0 Å². The minimum absolute atomic E-state index is 0.0216. The smallest absolute Gasteiger partial charge is 0.351 e. The van der Waals surface area contributed by atoms with Gasteiger partial charge in [-0.1, -0.05) is 12.1 Å². The molecule has 1 heterocycles. The van der Waals surface area contributed by atoms with E-state index in [4.69, 9.17) is 10.5 Å². The second-order valence-corrected chi connectivity index (χ2v) is 5.07. The lowest BCUT2D eigenvalue weighted by Crippen LogP contribution is -2.24. The van der Waals surface area contributed by atoms with E-state index in [1.54, 1.807) is 7.11 Å². The van der Waals surface area contributed by atoms with Gasteiger partial charge in [-0.25, -0.2) is 4.79 Å². The Balaban J connectivity index is 2.06. The number of aromatic nitrogens is 1. The molecule has 0 aliphatic rings. The highest BCUT2D eigenvalue weighted by Crippen LogP contribution is 2.22. The monoisotopic (exact) mass is 321 g/mol. The van der Waals surface area contributed by atoms with Crippen molar-refractivity contribution in [2.75, 3.05) is 20.0 Å². The van der Waals surface area contributed by atoms with Crippen LogP contribution in [0.3, 0.4) is 0 Å². The third kappa shape index (κ3) is 3.34. The number of ether oxygens (including phenoxy) is 2. The predicted octanol–water partition coefficient (Wildman–Crippen LogP) is 1.45. The quantitative estimate of drug-likeness (QED) is 0.808. The van der Waals surface area contributed by atoms with Gasteiger partial charge in [0.15, 0.2) is 10.6 Å². The van der Waals surface area contributed by atoms with Gasteiger partial charge in [-0.15, -0.1) is 0 Å². The third-order valence-corrected chi connectivity index (χ3v) is 3.74. The Labute approximate surface area is 131 Å². The van der Waals surface area contributed by atoms with E-state index in [2.05, 4.69) is 14.4 Å². The van der Waals surface area contributed by atoms with Gasteiger partial charge in [0.2, 0.25) is 0 Å². The number of nitrogen functional groups attached to an aromatic ring is 1. The van der Waals surface area contributed by atoms with Crippen LogP contribution in [0.5, 0.6) is 5.75 Å². The van der Waals surface area contributed by atoms with Gasteiger partial charge in [0.1, 0.15) is 5.75 Å². The summed E-state index contributed by atoms with van der Waals surface area (Å²) in [5.41, 5.74) is 6.68. The summed E-state index contributed by atoms with van der Waals surface area (Å²) in [7, 11) is 2.81. The number of carbonyl (C=O) groups is 2. The molecular formula is C14H15N3O4S. The van der Waals surface area contributed by atoms with E-state index in [9.17, 15) is 9.59 Å². The molecule has 0 radical (unpaired) electrons. The highest BCUT2D eigenvalue weighted by atomic mass is 32.1. The van der Waals surface area contributed by atoms with Crippen molar-refractivity contribution in [3.63, 3.8) is 0 Å². The van der Waals surface area contributed by atoms with Crippen molar-refractivity contribution in [3.8, 4) is 5.75 Å². The summed E-state index contributed by atoms with van der Waals surface area (Å²) in [5, 5.41) is 2.70. The van der Waals surface area contributed by atoms with Crippen LogP contribution in [0.4, 0.5) is 5.69 Å². The number of carbonyl (C=O) groups excluding carboxylic acids is 2. The van der Waals surface area contributed by atoms with E-state index in [-0.39, 0.29) is 16.3 Å². The summed E-state index contributed by atoms with van der Waals surface area (Å²) in [5.74, 6) is -0.360. The molecule has 0 saturated carbocycles. The first-order valence-electron chi connectivity index (χ1n) is 6.31. The molecule has 0 aliphatic carbocycles. The molecule has 0 fully saturated rings. The Hall–Kier alpha value is -2.61. The lowest BCUT2D eigenvalue weighted by molar-refractivity contribution is 0.0607. The molecule has 1 aromatic heterocycles. The van der Waals surface area contributed by atoms with Gasteiger partial charge in [-0.05, 0) is 29.2 Å². The molecule has 2 aromatic rings. The first-order valence-corrected chi connectivity index (χ1v) is 7.08. The van der Waals surface area contributed by atoms with Crippen LogP contribution >= 0.6 is 11.5 Å². The van der Waals surface area contributed by atoms with E-state index in [0.717, 1.165) is 17.1 Å². The van der Waals surface area contributed by atoms with Gasteiger partial charge < -0.3 is 20.5 Å². The lowest BCUT2D eigenvalue weighted by Gasteiger charge is -2.06. The molecule has 116 valence electrons. The molecular weight excluding hydrogens is 306 g/mol. The minimum atomic E-state index is -0.609. The Bertz CT molecular complexity index is 699. The normalized spacial score (nSPS) is 10.1. The van der Waals surface area contributed by atoms with Gasteiger partial charge in [0.05, 0.1) is 19.9 Å². The van der Waals surface area contributed by atoms with Crippen molar-refractivity contribution >= 4 is 29.1 Å². The van der Waals surface area contributed by atoms with Crippen molar-refractivity contribution in [3.05, 3.63) is 40.4 Å². The van der Waals surface area contributed by atoms with Crippen LogP contribution in [-0.2, 0) is 11.3 Å². The second kappa shape index (κ2) is 6.90. The van der Waals surface area contributed by atoms with E-state index in [1.165, 1.54) is 7.11 Å². The molecule has 0 bridgehead atoms. The number of nitrogens with zero attached hydrogens (tertiary/aromatic N) is 1. The standard InChI is InChI=1S/C14H15N3O4S/c1-20-9-5-3-4-8(6-9)7-16-13(18)11-10(15)12(22-17-11)14(19)21-2/h3-6H,7,15H2,1-2H3,(H,16,18). The maximum atomic E-state index is 12.1. The zero-order valence-corrected chi connectivity index (χ0v) is 12.9. The van der Waals surface area contributed by atoms with Crippen molar-refractivity contribution < 1.29 is 19.1 Å². The minimum Gasteiger partial charge on any atom is -0.497 e. The Kier molecular flexibility index (Phi) is 4.95. The van der Waals surface area contributed by atoms with Crippen LogP contribution in [0.2, 0.25) is 0 Å². The van der Waals surface area contributed by atoms with Crippen LogP contribution in [0.25, 0.3) is 0 Å². The molecule has 0 aliphatic heterocycles. The van der Waals surface area contributed by atoms with Crippen LogP contribution in [0.1, 0.15) is 25.7 Å². The number of hydrogen-bond donors (Lipinski definition) is 2. The van der Waals surface area contributed by atoms with Gasteiger partial charge in [0.25, 0.3) is 5.91 Å². The molecule has 0 spiro atoms. The number of esters is 1. The maximum Gasteiger partial charge on any atom is 0.351 e. The van der Waals surface area contributed by atoms with E-state index in [0.29, 0.717) is 12.3 Å². The Morgan fingerprint density at radius 2 is 2.14 bits per heavy atom. The number of nitrogens with one attached hydrogen (secondary N) is 1. The second-order valence-electron chi connectivity index (χ2n) is 4.30. The first kappa shape index (κ1) is 15.8. The molecule has 1 aromatic carbocycles. The summed E-state index contributed by atoms with van der Waals surface area (Å²) in [6.07, 6.45) is 0. The summed E-state index contributed by atoms with van der Waals surface area (Å²) in [6.45, 7) is 0.292. The molecule has 22 heavy (non-hydrogen) atoms. The van der Waals surface area contributed by atoms with Crippen molar-refractivity contribution in [2.45, 2.75) is 6.54 Å². The molecule has 0 unspecified atom stereocenters. The molecule has 0 saturated heterocycles. The fourth-order valence-electron chi connectivity index (χ4n) is 1.75. The average molecular weight is 321 g/mol. The van der Waals surface area contributed by atoms with Gasteiger partial charge in [-0.3, -0.25) is 4.79 Å². The van der Waals surface area contributed by atoms with Crippen molar-refractivity contribution in [1.82, 2.24) is 9.69 Å². The van der Waals surface area contributed by atoms with Crippen LogP contribution < -0.4 is 15.8 Å². The average Bonchev–Trinajstić information content (AvgIpc) is 2.93. The summed E-state index contributed by atoms with van der Waals surface area (Å²) in [4.78, 5) is 23.6. The zero-order chi connectivity index (χ0) is 16.1. The highest BCUT2D eigenvalue weighted by Gasteiger charge is 2.22. The molecule has 0 atom stereocenters. The Morgan fingerprint density at radius 3 is 2.82 bits per heavy atom. The maximum absolute atomic E-state index is 12.1. The van der Waals surface area contributed by atoms with Gasteiger partial charge >= 0.3 is 5.97 Å². The summed E-state index contributed by atoms with van der Waals surface area (Å²) in [6, 6.07) is 7.30. The molecule has 1 amide bonds. The summed E-state index contributed by atoms with van der Waals surface area (Å²) < 4.78 is 13.6. The third-order valence-electron chi connectivity index (χ3n) is 2.90. The van der Waals surface area contributed by atoms with Crippen LogP contribution in [0.15, 0.2) is 24.3 Å². The number of benzene rings is 1. The fourth-order valence-corrected chi connectivity index (χ4v) is 2.47. The Morgan fingerprint density at radius 1 is 1.36 bits per heavy atom. The van der Waals surface area contributed by atoms with E-state index < -0.39 is 11.9 Å². The van der Waals surface area contributed by atoms with E-state index in [1.807, 2.05) is 24.3 Å². The van der Waals surface area contributed by atoms with Gasteiger partial charge in [-0.2, -0.15) is 4.37 Å². The summed E-state index contributed by atoms with van der Waals surface area (Å²) >= 11 is 0.835. The fraction of sp³-hybridized carbons (Fsp3) is 0.214. The topological polar surface area (TPSA) is 104 Å². The number of nitrogens with two attached hydrogens (primary N) is 1. The molecule has 3 N–H and O–H groups in total. The predicted molar refractivity (Wildman–Crippen MR) is 82.0 cm³/mol. The molecule has 7 nitrogen and oxygen atoms in total. The molecule has 8 heteroatoms. The number of hydrogen-bond acceptors (Lipinski definition) is 7. The van der Waals surface area contributed by atoms with E-state index >= 15 is 0 Å². The largest absolute Gasteiger partial charge is 0.497 e. The molecule has 2 rings (SSSR count). The number of anilines is 1. The SMILES string of the molecule is COC(=O)c1snc(C(=O)NCc2cccc(OC)c2)c1N. The first-order chi connectivity index (χ1) is 10.6. The zero-order valence-electron chi connectivity index (χ0n) is 12.1. The van der Waals surface area contributed by atoms with Crippen molar-refractivity contribution in [2.24, 2.45) is 0 Å². The lowest BCUT2D eigenvalue weighted by atomic mass is 10.2. The number of amides is 1. The number of rotatable bonds is 5. The van der Waals surface area contributed by atoms with Crippen LogP contribution in [-0.4, -0.2) is 30.5 Å². The van der Waals surface area contributed by atoms with Gasteiger partial charge in [0, 0.05) is 6.54 Å². The number of methoxy groups -OCH3 is 2. The highest BCUT2D eigenvalue weighted by molar-refractivity contribution is 7.08. The van der Waals surface area contributed by atoms with Crippen LogP contribution in [0, 0.1) is 0 Å².